The molecule has 0 saturated heterocycles. The zero-order valence-corrected chi connectivity index (χ0v) is 12.8. The van der Waals surface area contributed by atoms with Gasteiger partial charge in [-0.1, -0.05) is 30.3 Å². The fourth-order valence-electron chi connectivity index (χ4n) is 2.00. The summed E-state index contributed by atoms with van der Waals surface area (Å²) in [5.41, 5.74) is 1.00. The van der Waals surface area contributed by atoms with Crippen LogP contribution in [0.2, 0.25) is 0 Å². The van der Waals surface area contributed by atoms with Crippen molar-refractivity contribution in [2.45, 2.75) is 19.1 Å². The van der Waals surface area contributed by atoms with Crippen molar-refractivity contribution in [3.05, 3.63) is 47.3 Å². The van der Waals surface area contributed by atoms with E-state index < -0.39 is 30.4 Å². The molecular weight excluding hydrogens is 302 g/mol. The van der Waals surface area contributed by atoms with Gasteiger partial charge in [0.25, 0.3) is 5.91 Å². The Morgan fingerprint density at radius 3 is 2.45 bits per heavy atom. The van der Waals surface area contributed by atoms with Gasteiger partial charge in [-0.3, -0.25) is 9.59 Å². The highest BCUT2D eigenvalue weighted by atomic mass is 32.1. The van der Waals surface area contributed by atoms with Crippen LogP contribution in [-0.4, -0.2) is 40.7 Å². The Labute approximate surface area is 132 Å². The topological polar surface area (TPSA) is 86.6 Å². The molecular formula is C16H17NO4S. The van der Waals surface area contributed by atoms with Crippen molar-refractivity contribution in [3.8, 4) is 10.4 Å². The number of benzene rings is 1. The van der Waals surface area contributed by atoms with E-state index in [2.05, 4.69) is 5.32 Å². The number of aliphatic hydroxyl groups is 2. The molecule has 2 atom stereocenters. The van der Waals surface area contributed by atoms with Crippen LogP contribution in [0.15, 0.2) is 42.5 Å². The first-order valence-electron chi connectivity index (χ1n) is 6.80. The maximum absolute atomic E-state index is 12.2. The van der Waals surface area contributed by atoms with E-state index in [4.69, 9.17) is 5.11 Å². The summed E-state index contributed by atoms with van der Waals surface area (Å²) >= 11 is 1.30. The first kappa shape index (κ1) is 16.4. The zero-order valence-electron chi connectivity index (χ0n) is 12.0. The highest BCUT2D eigenvalue weighted by molar-refractivity contribution is 7.17. The van der Waals surface area contributed by atoms with Gasteiger partial charge >= 0.3 is 0 Å². The molecule has 0 unspecified atom stereocenters. The summed E-state index contributed by atoms with van der Waals surface area (Å²) in [7, 11) is 0. The average molecular weight is 319 g/mol. The fourth-order valence-corrected chi connectivity index (χ4v) is 2.91. The minimum Gasteiger partial charge on any atom is -0.391 e. The molecule has 0 fully saturated rings. The van der Waals surface area contributed by atoms with Crippen LogP contribution in [0.3, 0.4) is 0 Å². The smallest absolute Gasteiger partial charge is 0.262 e. The molecule has 0 aliphatic heterocycles. The average Bonchev–Trinajstić information content (AvgIpc) is 3.02. The summed E-state index contributed by atoms with van der Waals surface area (Å²) in [5.74, 6) is -1.07. The molecule has 22 heavy (non-hydrogen) atoms. The molecule has 1 aromatic heterocycles. The number of hydrogen-bond acceptors (Lipinski definition) is 5. The minimum atomic E-state index is -1.11. The lowest BCUT2D eigenvalue weighted by Crippen LogP contribution is -2.48. The summed E-state index contributed by atoms with van der Waals surface area (Å²) in [6, 6.07) is 12.0. The number of Topliss-reactive ketones (excluding diaryl/α,β-unsaturated/α-hetero) is 1. The Balaban J connectivity index is 2.13. The summed E-state index contributed by atoms with van der Waals surface area (Å²) in [4.78, 5) is 25.1. The van der Waals surface area contributed by atoms with Crippen LogP contribution in [0, 0.1) is 0 Å². The van der Waals surface area contributed by atoms with Gasteiger partial charge in [-0.2, -0.15) is 0 Å². The third-order valence-electron chi connectivity index (χ3n) is 3.16. The van der Waals surface area contributed by atoms with E-state index in [1.807, 2.05) is 36.4 Å². The molecule has 0 aliphatic rings. The van der Waals surface area contributed by atoms with E-state index in [1.165, 1.54) is 18.3 Å². The normalized spacial score (nSPS) is 13.4. The Hall–Kier alpha value is -2.02. The lowest BCUT2D eigenvalue weighted by molar-refractivity contribution is -0.125. The molecule has 2 rings (SSSR count). The van der Waals surface area contributed by atoms with E-state index in [9.17, 15) is 14.7 Å². The van der Waals surface area contributed by atoms with Gasteiger partial charge in [-0.25, -0.2) is 0 Å². The number of aliphatic hydroxyl groups excluding tert-OH is 2. The van der Waals surface area contributed by atoms with Crippen LogP contribution in [-0.2, 0) is 4.79 Å². The third kappa shape index (κ3) is 3.79. The van der Waals surface area contributed by atoms with Gasteiger partial charge in [0.15, 0.2) is 5.78 Å². The van der Waals surface area contributed by atoms with Crippen molar-refractivity contribution in [2.24, 2.45) is 0 Å². The lowest BCUT2D eigenvalue weighted by Gasteiger charge is -2.18. The highest BCUT2D eigenvalue weighted by Gasteiger charge is 2.25. The van der Waals surface area contributed by atoms with Crippen LogP contribution < -0.4 is 5.32 Å². The fraction of sp³-hybridized carbons (Fsp3) is 0.250. The van der Waals surface area contributed by atoms with Crippen LogP contribution in [0.1, 0.15) is 16.6 Å². The number of carbonyl (C=O) groups is 2. The Morgan fingerprint density at radius 1 is 1.18 bits per heavy atom. The van der Waals surface area contributed by atoms with Gasteiger partial charge in [0.2, 0.25) is 0 Å². The van der Waals surface area contributed by atoms with Gasteiger partial charge in [-0.05, 0) is 24.6 Å². The molecule has 0 aliphatic carbocycles. The van der Waals surface area contributed by atoms with Gasteiger partial charge < -0.3 is 15.5 Å². The van der Waals surface area contributed by atoms with Crippen LogP contribution in [0.5, 0.6) is 0 Å². The van der Waals surface area contributed by atoms with Crippen molar-refractivity contribution >= 4 is 23.0 Å². The van der Waals surface area contributed by atoms with E-state index in [0.717, 1.165) is 10.4 Å². The molecule has 116 valence electrons. The lowest BCUT2D eigenvalue weighted by atomic mass is 10.1. The van der Waals surface area contributed by atoms with Crippen LogP contribution >= 0.6 is 11.3 Å². The zero-order chi connectivity index (χ0) is 16.1. The Morgan fingerprint density at radius 2 is 1.86 bits per heavy atom. The molecule has 3 N–H and O–H groups in total. The molecule has 0 spiro atoms. The molecule has 1 amide bonds. The quantitative estimate of drug-likeness (QED) is 0.752. The van der Waals surface area contributed by atoms with Gasteiger partial charge in [0.05, 0.1) is 11.0 Å². The molecule has 1 heterocycles. The van der Waals surface area contributed by atoms with Crippen molar-refractivity contribution in [3.63, 3.8) is 0 Å². The molecule has 5 nitrogen and oxygen atoms in total. The third-order valence-corrected chi connectivity index (χ3v) is 4.29. The summed E-state index contributed by atoms with van der Waals surface area (Å²) in [6.45, 7) is 0.665. The SMILES string of the molecule is C[C@@H](O)[C@H](NC(=O)c1ccc(-c2ccccc2)s1)C(=O)CO. The predicted octanol–water partition coefficient (Wildman–Crippen LogP) is 1.46. The van der Waals surface area contributed by atoms with Crippen molar-refractivity contribution in [1.82, 2.24) is 5.32 Å². The van der Waals surface area contributed by atoms with Crippen molar-refractivity contribution in [2.75, 3.05) is 6.61 Å². The highest BCUT2D eigenvalue weighted by Crippen LogP contribution is 2.27. The number of hydrogen-bond donors (Lipinski definition) is 3. The van der Waals surface area contributed by atoms with Gasteiger partial charge in [0, 0.05) is 4.88 Å². The Kier molecular flexibility index (Phi) is 5.43. The van der Waals surface area contributed by atoms with Crippen molar-refractivity contribution in [1.29, 1.82) is 0 Å². The summed E-state index contributed by atoms with van der Waals surface area (Å²) < 4.78 is 0. The molecule has 1 aromatic carbocycles. The second-order valence-corrected chi connectivity index (χ2v) is 5.93. The first-order valence-corrected chi connectivity index (χ1v) is 7.62. The second kappa shape index (κ2) is 7.31. The largest absolute Gasteiger partial charge is 0.391 e. The first-order chi connectivity index (χ1) is 10.5. The van der Waals surface area contributed by atoms with Crippen LogP contribution in [0.4, 0.5) is 0 Å². The number of amides is 1. The van der Waals surface area contributed by atoms with E-state index in [1.54, 1.807) is 6.07 Å². The number of nitrogens with one attached hydrogen (secondary N) is 1. The Bertz CT molecular complexity index is 651. The van der Waals surface area contributed by atoms with Gasteiger partial charge in [0.1, 0.15) is 12.6 Å². The molecule has 0 bridgehead atoms. The summed E-state index contributed by atoms with van der Waals surface area (Å²) in [5, 5.41) is 20.9. The van der Waals surface area contributed by atoms with E-state index in [-0.39, 0.29) is 0 Å². The van der Waals surface area contributed by atoms with E-state index in [0.29, 0.717) is 4.88 Å². The van der Waals surface area contributed by atoms with Crippen LogP contribution in [0.25, 0.3) is 10.4 Å². The monoisotopic (exact) mass is 319 g/mol. The number of ketones is 1. The predicted molar refractivity (Wildman–Crippen MR) is 84.8 cm³/mol. The molecule has 0 saturated carbocycles. The number of thiophene rings is 1. The molecule has 6 heteroatoms. The van der Waals surface area contributed by atoms with Gasteiger partial charge in [-0.15, -0.1) is 11.3 Å². The number of carbonyl (C=O) groups excluding carboxylic acids is 2. The standard InChI is InChI=1S/C16H17NO4S/c1-10(19)15(12(20)9-18)17-16(21)14-8-7-13(22-14)11-5-3-2-4-6-11/h2-8,10,15,18-19H,9H2,1H3,(H,17,21)/t10-,15+/m1/s1. The number of rotatable bonds is 6. The second-order valence-electron chi connectivity index (χ2n) is 4.85. The maximum Gasteiger partial charge on any atom is 0.262 e. The minimum absolute atomic E-state index is 0.440. The molecule has 0 radical (unpaired) electrons. The maximum atomic E-state index is 12.2. The molecule has 2 aromatic rings. The van der Waals surface area contributed by atoms with E-state index >= 15 is 0 Å². The summed E-state index contributed by atoms with van der Waals surface area (Å²) in [6.07, 6.45) is -1.07. The van der Waals surface area contributed by atoms with Crippen molar-refractivity contribution < 1.29 is 19.8 Å².